The molecule has 3 amide bonds. The molecule has 0 radical (unpaired) electrons. The van der Waals surface area contributed by atoms with Crippen LogP contribution in [0.4, 0.5) is 5.69 Å². The van der Waals surface area contributed by atoms with Crippen molar-refractivity contribution in [2.45, 2.75) is 44.3 Å². The highest BCUT2D eigenvalue weighted by Crippen LogP contribution is 2.54. The normalized spacial score (nSPS) is 28.4. The van der Waals surface area contributed by atoms with E-state index in [2.05, 4.69) is 10.6 Å². The number of phenols is 2. The van der Waals surface area contributed by atoms with Gasteiger partial charge in [-0.15, -0.1) is 0 Å². The molecule has 5 rings (SSSR count). The van der Waals surface area contributed by atoms with Crippen molar-refractivity contribution in [3.63, 3.8) is 0 Å². The molecule has 8 nitrogen and oxygen atoms in total. The summed E-state index contributed by atoms with van der Waals surface area (Å²) in [7, 11) is 0. The Kier molecular flexibility index (Phi) is 4.58. The van der Waals surface area contributed by atoms with E-state index in [1.807, 2.05) is 0 Å². The van der Waals surface area contributed by atoms with E-state index in [0.717, 1.165) is 0 Å². The molecule has 0 bridgehead atoms. The Morgan fingerprint density at radius 2 is 1.76 bits per heavy atom. The molecule has 2 unspecified atom stereocenters. The number of nitrogens with zero attached hydrogens (tertiary/aromatic N) is 1. The van der Waals surface area contributed by atoms with Crippen LogP contribution in [0.1, 0.15) is 31.9 Å². The van der Waals surface area contributed by atoms with Crippen molar-refractivity contribution in [2.75, 3.05) is 5.32 Å². The van der Waals surface area contributed by atoms with Gasteiger partial charge >= 0.3 is 0 Å². The van der Waals surface area contributed by atoms with Crippen molar-refractivity contribution < 1.29 is 24.6 Å². The summed E-state index contributed by atoms with van der Waals surface area (Å²) in [5, 5.41) is 26.2. The first-order valence-corrected chi connectivity index (χ1v) is 11.1. The SMILES string of the molecule is CC(C)(C)N1C(=O)[C@@H]2C(Cc3ccc(O)c(O)c3)NC3(C(=O)Nc4ccc(Cl)cc43)[C@@H]2C1=O. The van der Waals surface area contributed by atoms with E-state index in [1.54, 1.807) is 45.0 Å². The number of rotatable bonds is 2. The van der Waals surface area contributed by atoms with Crippen LogP contribution in [-0.4, -0.2) is 44.4 Å². The van der Waals surface area contributed by atoms with E-state index < -0.39 is 40.8 Å². The van der Waals surface area contributed by atoms with Gasteiger partial charge in [0, 0.05) is 27.9 Å². The number of hydrogen-bond donors (Lipinski definition) is 4. The van der Waals surface area contributed by atoms with Crippen LogP contribution in [0.15, 0.2) is 36.4 Å². The van der Waals surface area contributed by atoms with E-state index in [0.29, 0.717) is 21.8 Å². The van der Waals surface area contributed by atoms with Crippen molar-refractivity contribution in [3.8, 4) is 11.5 Å². The number of benzene rings is 2. The van der Waals surface area contributed by atoms with Crippen molar-refractivity contribution in [2.24, 2.45) is 11.8 Å². The van der Waals surface area contributed by atoms with Gasteiger partial charge < -0.3 is 15.5 Å². The summed E-state index contributed by atoms with van der Waals surface area (Å²) >= 11 is 6.26. The van der Waals surface area contributed by atoms with Crippen LogP contribution in [0.25, 0.3) is 0 Å². The van der Waals surface area contributed by atoms with Gasteiger partial charge in [-0.3, -0.25) is 24.6 Å². The van der Waals surface area contributed by atoms with Gasteiger partial charge in [0.25, 0.3) is 0 Å². The summed E-state index contributed by atoms with van der Waals surface area (Å²) in [6.45, 7) is 5.36. The molecule has 0 aliphatic carbocycles. The number of phenolic OH excluding ortho intramolecular Hbond substituents is 2. The third kappa shape index (κ3) is 2.97. The van der Waals surface area contributed by atoms with Crippen LogP contribution in [0, 0.1) is 11.8 Å². The van der Waals surface area contributed by atoms with Crippen LogP contribution in [0.5, 0.6) is 11.5 Å². The number of halogens is 1. The predicted octanol–water partition coefficient (Wildman–Crippen LogP) is 2.51. The van der Waals surface area contributed by atoms with Gasteiger partial charge in [-0.25, -0.2) is 0 Å². The van der Waals surface area contributed by atoms with Gasteiger partial charge in [0.05, 0.1) is 11.8 Å². The fourth-order valence-corrected chi connectivity index (χ4v) is 5.73. The molecule has 33 heavy (non-hydrogen) atoms. The van der Waals surface area contributed by atoms with E-state index in [1.165, 1.54) is 17.0 Å². The van der Waals surface area contributed by atoms with Gasteiger partial charge in [-0.05, 0) is 63.1 Å². The molecule has 172 valence electrons. The van der Waals surface area contributed by atoms with Crippen LogP contribution < -0.4 is 10.6 Å². The van der Waals surface area contributed by atoms with E-state index in [9.17, 15) is 24.6 Å². The summed E-state index contributed by atoms with van der Waals surface area (Å²) in [6, 6.07) is 8.86. The number of carbonyl (C=O) groups is 3. The minimum atomic E-state index is -1.44. The lowest BCUT2D eigenvalue weighted by Crippen LogP contribution is -2.56. The standard InChI is InChI=1S/C24H24ClN3O5/c1-23(2,3)28-20(31)18-15(8-11-4-7-16(29)17(30)9-11)27-24(19(18)21(28)32)13-10-12(25)5-6-14(13)26-22(24)33/h4-7,9-10,15,18-19,27,29-30H,8H2,1-3H3,(H,26,33)/t15?,18-,19+,24?/m1/s1. The third-order valence-electron chi connectivity index (χ3n) is 6.84. The quantitative estimate of drug-likeness (QED) is 0.396. The number of likely N-dealkylation sites (tertiary alicyclic amines) is 1. The average molecular weight is 470 g/mol. The Balaban J connectivity index is 1.66. The molecule has 2 saturated heterocycles. The summed E-state index contributed by atoms with van der Waals surface area (Å²) in [5.41, 5.74) is -0.456. The zero-order chi connectivity index (χ0) is 23.9. The van der Waals surface area contributed by atoms with E-state index in [4.69, 9.17) is 11.6 Å². The second-order valence-electron chi connectivity index (χ2n) is 9.92. The van der Waals surface area contributed by atoms with Crippen molar-refractivity contribution in [1.82, 2.24) is 10.2 Å². The maximum absolute atomic E-state index is 13.7. The molecular weight excluding hydrogens is 446 g/mol. The molecule has 2 aromatic carbocycles. The molecule has 0 saturated carbocycles. The molecule has 4 atom stereocenters. The number of carbonyl (C=O) groups excluding carboxylic acids is 3. The molecule has 3 aliphatic heterocycles. The molecule has 4 N–H and O–H groups in total. The second-order valence-corrected chi connectivity index (χ2v) is 10.4. The van der Waals surface area contributed by atoms with Crippen LogP contribution in [-0.2, 0) is 26.3 Å². The first-order chi connectivity index (χ1) is 15.4. The number of aromatic hydroxyl groups is 2. The fourth-order valence-electron chi connectivity index (χ4n) is 5.56. The molecule has 2 aromatic rings. The average Bonchev–Trinajstić information content (AvgIpc) is 3.29. The Morgan fingerprint density at radius 1 is 1.03 bits per heavy atom. The minimum absolute atomic E-state index is 0.253. The van der Waals surface area contributed by atoms with Crippen molar-refractivity contribution in [3.05, 3.63) is 52.5 Å². The lowest BCUT2D eigenvalue weighted by Gasteiger charge is -2.34. The largest absolute Gasteiger partial charge is 0.504 e. The highest BCUT2D eigenvalue weighted by molar-refractivity contribution is 6.31. The van der Waals surface area contributed by atoms with Gasteiger partial charge in [0.15, 0.2) is 11.5 Å². The van der Waals surface area contributed by atoms with Crippen LogP contribution in [0.2, 0.25) is 5.02 Å². The molecule has 3 aliphatic rings. The highest BCUT2D eigenvalue weighted by Gasteiger charge is 2.71. The zero-order valence-electron chi connectivity index (χ0n) is 18.3. The molecular formula is C24H24ClN3O5. The molecule has 3 heterocycles. The number of anilines is 1. The molecule has 0 aromatic heterocycles. The van der Waals surface area contributed by atoms with Crippen LogP contribution >= 0.6 is 11.6 Å². The molecule has 1 spiro atoms. The summed E-state index contributed by atoms with van der Waals surface area (Å²) in [6.07, 6.45) is 0.261. The fraction of sp³-hybridized carbons (Fsp3) is 0.375. The van der Waals surface area contributed by atoms with Crippen molar-refractivity contribution >= 4 is 35.0 Å². The Hall–Kier alpha value is -3.10. The van der Waals surface area contributed by atoms with Gasteiger partial charge in [0.1, 0.15) is 5.54 Å². The second kappa shape index (κ2) is 6.95. The number of fused-ring (bicyclic) bond motifs is 4. The first-order valence-electron chi connectivity index (χ1n) is 10.7. The minimum Gasteiger partial charge on any atom is -0.504 e. The molecule has 9 heteroatoms. The third-order valence-corrected chi connectivity index (χ3v) is 7.08. The maximum Gasteiger partial charge on any atom is 0.250 e. The number of hydrogen-bond acceptors (Lipinski definition) is 6. The van der Waals surface area contributed by atoms with Crippen LogP contribution in [0.3, 0.4) is 0 Å². The summed E-state index contributed by atoms with van der Waals surface area (Å²) < 4.78 is 0. The Labute approximate surface area is 195 Å². The Bertz CT molecular complexity index is 1220. The van der Waals surface area contributed by atoms with E-state index >= 15 is 0 Å². The zero-order valence-corrected chi connectivity index (χ0v) is 19.1. The van der Waals surface area contributed by atoms with Crippen molar-refractivity contribution in [1.29, 1.82) is 0 Å². The van der Waals surface area contributed by atoms with E-state index in [-0.39, 0.29) is 23.8 Å². The summed E-state index contributed by atoms with van der Waals surface area (Å²) in [4.78, 5) is 42.0. The summed E-state index contributed by atoms with van der Waals surface area (Å²) in [5.74, 6) is -3.40. The van der Waals surface area contributed by atoms with Gasteiger partial charge in [-0.2, -0.15) is 0 Å². The highest BCUT2D eigenvalue weighted by atomic mass is 35.5. The van der Waals surface area contributed by atoms with Gasteiger partial charge in [-0.1, -0.05) is 17.7 Å². The Morgan fingerprint density at radius 3 is 2.42 bits per heavy atom. The topological polar surface area (TPSA) is 119 Å². The lowest BCUT2D eigenvalue weighted by atomic mass is 9.76. The molecule has 2 fully saturated rings. The number of imide groups is 1. The number of amides is 3. The monoisotopic (exact) mass is 469 g/mol. The first kappa shape index (κ1) is 21.7. The maximum atomic E-state index is 13.7. The predicted molar refractivity (Wildman–Crippen MR) is 121 cm³/mol. The number of nitrogens with one attached hydrogen (secondary N) is 2. The lowest BCUT2D eigenvalue weighted by molar-refractivity contribution is -0.147. The van der Waals surface area contributed by atoms with Gasteiger partial charge in [0.2, 0.25) is 17.7 Å². The smallest absolute Gasteiger partial charge is 0.250 e.